The fourth-order valence-electron chi connectivity index (χ4n) is 3.53. The van der Waals surface area contributed by atoms with Crippen molar-refractivity contribution < 1.29 is 0 Å². The molecular weight excluding hydrogens is 414 g/mol. The van der Waals surface area contributed by atoms with Gasteiger partial charge in [-0.05, 0) is 49.6 Å². The van der Waals surface area contributed by atoms with Crippen molar-refractivity contribution in [1.82, 2.24) is 15.0 Å². The number of anilines is 3. The molecule has 1 aliphatic rings. The highest BCUT2D eigenvalue weighted by molar-refractivity contribution is 9.10. The van der Waals surface area contributed by atoms with E-state index >= 15 is 0 Å². The topological polar surface area (TPSA) is 62.7 Å². The summed E-state index contributed by atoms with van der Waals surface area (Å²) < 4.78 is 1.07. The zero-order chi connectivity index (χ0) is 19.3. The fraction of sp³-hybridized carbons (Fsp3) is 0.318. The first kappa shape index (κ1) is 18.9. The predicted octanol–water partition coefficient (Wildman–Crippen LogP) is 6.10. The van der Waals surface area contributed by atoms with Gasteiger partial charge in [0.2, 0.25) is 5.95 Å². The lowest BCUT2D eigenvalue weighted by Crippen LogP contribution is -2.23. The van der Waals surface area contributed by atoms with Gasteiger partial charge in [0, 0.05) is 28.5 Å². The molecule has 6 heteroatoms. The number of benzene rings is 1. The maximum absolute atomic E-state index is 4.75. The van der Waals surface area contributed by atoms with Crippen molar-refractivity contribution in [3.05, 3.63) is 58.7 Å². The number of halogens is 1. The molecule has 0 saturated heterocycles. The Kier molecular flexibility index (Phi) is 5.86. The van der Waals surface area contributed by atoms with E-state index < -0.39 is 0 Å². The zero-order valence-corrected chi connectivity index (χ0v) is 17.5. The lowest BCUT2D eigenvalue weighted by molar-refractivity contribution is 0.461. The number of aromatic nitrogens is 3. The van der Waals surface area contributed by atoms with Gasteiger partial charge in [0.15, 0.2) is 0 Å². The van der Waals surface area contributed by atoms with Crippen molar-refractivity contribution in [3.63, 3.8) is 0 Å². The Morgan fingerprint density at radius 1 is 0.964 bits per heavy atom. The van der Waals surface area contributed by atoms with Crippen LogP contribution in [0.5, 0.6) is 0 Å². The van der Waals surface area contributed by atoms with Crippen LogP contribution in [-0.2, 0) is 0 Å². The van der Waals surface area contributed by atoms with Crippen LogP contribution in [0.15, 0.2) is 53.1 Å². The van der Waals surface area contributed by atoms with Crippen LogP contribution in [0.4, 0.5) is 17.5 Å². The molecule has 5 nitrogen and oxygen atoms in total. The fourth-order valence-corrected chi connectivity index (χ4v) is 3.90. The number of hydrogen-bond donors (Lipinski definition) is 2. The Hall–Kier alpha value is -2.47. The van der Waals surface area contributed by atoms with Gasteiger partial charge in [-0.15, -0.1) is 0 Å². The van der Waals surface area contributed by atoms with Gasteiger partial charge in [0.1, 0.15) is 5.82 Å². The molecule has 1 saturated carbocycles. The van der Waals surface area contributed by atoms with Crippen LogP contribution in [0.1, 0.15) is 37.7 Å². The van der Waals surface area contributed by atoms with E-state index in [0.29, 0.717) is 12.0 Å². The van der Waals surface area contributed by atoms with E-state index in [0.717, 1.165) is 32.9 Å². The SMILES string of the molecule is Cc1c(Br)cccc1Nc1cc(-c2ccccn2)nc(NC2CCCCC2)n1. The van der Waals surface area contributed by atoms with E-state index in [1.807, 2.05) is 36.4 Å². The molecule has 4 rings (SSSR count). The van der Waals surface area contributed by atoms with Gasteiger partial charge in [-0.1, -0.05) is 47.3 Å². The minimum Gasteiger partial charge on any atom is -0.351 e. The van der Waals surface area contributed by atoms with Crippen LogP contribution in [0, 0.1) is 6.92 Å². The van der Waals surface area contributed by atoms with Gasteiger partial charge in [-0.25, -0.2) is 4.98 Å². The summed E-state index contributed by atoms with van der Waals surface area (Å²) in [5.41, 5.74) is 3.81. The standard InChI is InChI=1S/C22H24BrN5/c1-15-17(23)10-7-12-18(15)26-21-14-20(19-11-5-6-13-24-19)27-22(28-21)25-16-8-3-2-4-9-16/h5-7,10-14,16H,2-4,8-9H2,1H3,(H2,25,26,27,28). The number of nitrogens with one attached hydrogen (secondary N) is 2. The number of pyridine rings is 1. The first-order valence-electron chi connectivity index (χ1n) is 9.78. The first-order chi connectivity index (χ1) is 13.7. The van der Waals surface area contributed by atoms with Crippen LogP contribution in [-0.4, -0.2) is 21.0 Å². The minimum absolute atomic E-state index is 0.438. The van der Waals surface area contributed by atoms with E-state index in [-0.39, 0.29) is 0 Å². The van der Waals surface area contributed by atoms with Crippen LogP contribution >= 0.6 is 15.9 Å². The summed E-state index contributed by atoms with van der Waals surface area (Å²) >= 11 is 3.60. The smallest absolute Gasteiger partial charge is 0.225 e. The molecule has 144 valence electrons. The average molecular weight is 438 g/mol. The molecule has 28 heavy (non-hydrogen) atoms. The van der Waals surface area contributed by atoms with E-state index in [1.54, 1.807) is 6.20 Å². The summed E-state index contributed by atoms with van der Waals surface area (Å²) in [6.45, 7) is 2.08. The average Bonchev–Trinajstić information content (AvgIpc) is 2.73. The lowest BCUT2D eigenvalue weighted by Gasteiger charge is -2.23. The second-order valence-electron chi connectivity index (χ2n) is 7.19. The molecule has 2 aromatic heterocycles. The van der Waals surface area contributed by atoms with Gasteiger partial charge in [-0.2, -0.15) is 4.98 Å². The largest absolute Gasteiger partial charge is 0.351 e. The third kappa shape index (κ3) is 4.50. The molecule has 2 N–H and O–H groups in total. The van der Waals surface area contributed by atoms with Crippen molar-refractivity contribution in [3.8, 4) is 11.4 Å². The molecule has 1 fully saturated rings. The molecule has 2 heterocycles. The van der Waals surface area contributed by atoms with Crippen molar-refractivity contribution >= 4 is 33.4 Å². The lowest BCUT2D eigenvalue weighted by atomic mass is 9.96. The predicted molar refractivity (Wildman–Crippen MR) is 118 cm³/mol. The highest BCUT2D eigenvalue weighted by atomic mass is 79.9. The summed E-state index contributed by atoms with van der Waals surface area (Å²) in [5.74, 6) is 1.42. The summed E-state index contributed by atoms with van der Waals surface area (Å²) in [6, 6.07) is 14.4. The molecule has 0 atom stereocenters. The molecule has 0 bridgehead atoms. The van der Waals surface area contributed by atoms with Gasteiger partial charge in [0.05, 0.1) is 11.4 Å². The Balaban J connectivity index is 1.68. The minimum atomic E-state index is 0.438. The molecule has 0 spiro atoms. The highest BCUT2D eigenvalue weighted by Crippen LogP contribution is 2.28. The first-order valence-corrected chi connectivity index (χ1v) is 10.6. The quantitative estimate of drug-likeness (QED) is 0.504. The molecule has 1 aliphatic carbocycles. The van der Waals surface area contributed by atoms with E-state index in [4.69, 9.17) is 9.97 Å². The monoisotopic (exact) mass is 437 g/mol. The van der Waals surface area contributed by atoms with E-state index in [9.17, 15) is 0 Å². The van der Waals surface area contributed by atoms with Crippen molar-refractivity contribution in [2.45, 2.75) is 45.1 Å². The number of rotatable bonds is 5. The molecule has 0 amide bonds. The Labute approximate surface area is 174 Å². The molecule has 0 aliphatic heterocycles. The normalized spacial score (nSPS) is 14.6. The maximum atomic E-state index is 4.75. The zero-order valence-electron chi connectivity index (χ0n) is 16.0. The van der Waals surface area contributed by atoms with Crippen LogP contribution in [0.3, 0.4) is 0 Å². The summed E-state index contributed by atoms with van der Waals surface area (Å²) in [4.78, 5) is 14.0. The highest BCUT2D eigenvalue weighted by Gasteiger charge is 2.16. The molecule has 3 aromatic rings. The van der Waals surface area contributed by atoms with E-state index in [1.165, 1.54) is 32.1 Å². The molecule has 1 aromatic carbocycles. The summed E-state index contributed by atoms with van der Waals surface area (Å²) in [7, 11) is 0. The second kappa shape index (κ2) is 8.69. The number of hydrogen-bond acceptors (Lipinski definition) is 5. The molecule has 0 radical (unpaired) electrons. The third-order valence-corrected chi connectivity index (χ3v) is 5.98. The van der Waals surface area contributed by atoms with Crippen molar-refractivity contribution in [2.75, 3.05) is 10.6 Å². The van der Waals surface area contributed by atoms with Gasteiger partial charge < -0.3 is 10.6 Å². The Bertz CT molecular complexity index is 939. The Morgan fingerprint density at radius 3 is 2.61 bits per heavy atom. The van der Waals surface area contributed by atoms with Crippen LogP contribution < -0.4 is 10.6 Å². The summed E-state index contributed by atoms with van der Waals surface area (Å²) in [6.07, 6.45) is 7.98. The number of nitrogens with zero attached hydrogens (tertiary/aromatic N) is 3. The molecular formula is C22H24BrN5. The van der Waals surface area contributed by atoms with E-state index in [2.05, 4.69) is 44.5 Å². The summed E-state index contributed by atoms with van der Waals surface area (Å²) in [5, 5.41) is 7.00. The third-order valence-electron chi connectivity index (χ3n) is 5.12. The van der Waals surface area contributed by atoms with Crippen molar-refractivity contribution in [2.24, 2.45) is 0 Å². The van der Waals surface area contributed by atoms with Crippen LogP contribution in [0.2, 0.25) is 0 Å². The van der Waals surface area contributed by atoms with Crippen molar-refractivity contribution in [1.29, 1.82) is 0 Å². The molecule has 0 unspecified atom stereocenters. The van der Waals surface area contributed by atoms with Gasteiger partial charge >= 0.3 is 0 Å². The van der Waals surface area contributed by atoms with Gasteiger partial charge in [0.25, 0.3) is 0 Å². The van der Waals surface area contributed by atoms with Gasteiger partial charge in [-0.3, -0.25) is 4.98 Å². The maximum Gasteiger partial charge on any atom is 0.225 e. The van der Waals surface area contributed by atoms with Crippen LogP contribution in [0.25, 0.3) is 11.4 Å². The second-order valence-corrected chi connectivity index (χ2v) is 8.05. The Morgan fingerprint density at radius 2 is 1.82 bits per heavy atom.